The normalized spacial score (nSPS) is 9.29. The first-order valence-electron chi connectivity index (χ1n) is 4.68. The largest absolute Gasteiger partial charge is 0.396 e. The molecule has 0 aliphatic rings. The van der Waals surface area contributed by atoms with Crippen LogP contribution in [0.2, 0.25) is 0 Å². The molecular weight excluding hydrogens is 174 g/mol. The molecular formula is C11H15N3. The van der Waals surface area contributed by atoms with E-state index >= 15 is 0 Å². The smallest absolute Gasteiger partial charge is 0.0740 e. The highest BCUT2D eigenvalue weighted by Gasteiger charge is 2.00. The second-order valence-electron chi connectivity index (χ2n) is 2.64. The summed E-state index contributed by atoms with van der Waals surface area (Å²) in [6.07, 6.45) is 1.58. The molecule has 14 heavy (non-hydrogen) atoms. The fraction of sp³-hybridized carbons (Fsp3) is 0.182. The summed E-state index contributed by atoms with van der Waals surface area (Å²) in [5.74, 6) is 0. The molecule has 0 fully saturated rings. The number of benzene rings is 1. The summed E-state index contributed by atoms with van der Waals surface area (Å²) in [4.78, 5) is 4.14. The quantitative estimate of drug-likeness (QED) is 0.669. The first-order chi connectivity index (χ1) is 6.79. The molecule has 0 atom stereocenters. The highest BCUT2D eigenvalue weighted by molar-refractivity contribution is 5.95. The number of nitrogen functional groups attached to an aromatic ring is 2. The van der Waals surface area contributed by atoms with Crippen LogP contribution in [0.5, 0.6) is 0 Å². The van der Waals surface area contributed by atoms with Crippen LogP contribution >= 0.6 is 0 Å². The van der Waals surface area contributed by atoms with E-state index in [4.69, 9.17) is 11.5 Å². The van der Waals surface area contributed by atoms with Crippen molar-refractivity contribution >= 4 is 22.3 Å². The van der Waals surface area contributed by atoms with Crippen molar-refractivity contribution in [3.8, 4) is 0 Å². The molecule has 3 nitrogen and oxygen atoms in total. The fourth-order valence-electron chi connectivity index (χ4n) is 1.18. The molecule has 0 saturated heterocycles. The molecule has 74 valence electrons. The molecule has 2 rings (SSSR count). The van der Waals surface area contributed by atoms with Gasteiger partial charge in [0, 0.05) is 5.39 Å². The van der Waals surface area contributed by atoms with E-state index in [1.807, 2.05) is 38.1 Å². The molecule has 2 aromatic rings. The second-order valence-corrected chi connectivity index (χ2v) is 2.64. The van der Waals surface area contributed by atoms with Crippen molar-refractivity contribution in [1.82, 2.24) is 4.98 Å². The number of fused-ring (bicyclic) bond motifs is 1. The lowest BCUT2D eigenvalue weighted by Crippen LogP contribution is -1.96. The zero-order valence-electron chi connectivity index (χ0n) is 8.49. The Morgan fingerprint density at radius 1 is 1.07 bits per heavy atom. The van der Waals surface area contributed by atoms with Crippen molar-refractivity contribution in [2.75, 3.05) is 11.5 Å². The molecule has 0 amide bonds. The third-order valence-corrected chi connectivity index (χ3v) is 1.85. The van der Waals surface area contributed by atoms with Gasteiger partial charge in [0.05, 0.1) is 23.1 Å². The summed E-state index contributed by atoms with van der Waals surface area (Å²) < 4.78 is 0. The molecule has 4 N–H and O–H groups in total. The van der Waals surface area contributed by atoms with Crippen molar-refractivity contribution in [3.05, 3.63) is 30.5 Å². The van der Waals surface area contributed by atoms with Crippen molar-refractivity contribution in [3.63, 3.8) is 0 Å². The van der Waals surface area contributed by atoms with Crippen molar-refractivity contribution in [2.45, 2.75) is 13.8 Å². The minimum absolute atomic E-state index is 0.536. The van der Waals surface area contributed by atoms with Gasteiger partial charge in [-0.3, -0.25) is 4.98 Å². The highest BCUT2D eigenvalue weighted by Crippen LogP contribution is 2.23. The monoisotopic (exact) mass is 189 g/mol. The molecule has 0 spiro atoms. The van der Waals surface area contributed by atoms with E-state index in [2.05, 4.69) is 4.98 Å². The molecule has 0 unspecified atom stereocenters. The fourth-order valence-corrected chi connectivity index (χ4v) is 1.18. The third-order valence-electron chi connectivity index (χ3n) is 1.85. The minimum Gasteiger partial charge on any atom is -0.396 e. The van der Waals surface area contributed by atoms with Gasteiger partial charge in [0.2, 0.25) is 0 Å². The standard InChI is InChI=1S/C9H9N3.C2H6/c10-7-5-12-8-4-2-1-3-6(8)9(7)11;1-2/h1-5H,10H2,(H2,11,12);1-2H3. The summed E-state index contributed by atoms with van der Waals surface area (Å²) in [7, 11) is 0. The van der Waals surface area contributed by atoms with E-state index in [1.54, 1.807) is 6.20 Å². The molecule has 0 radical (unpaired) electrons. The number of hydrogen-bond acceptors (Lipinski definition) is 3. The van der Waals surface area contributed by atoms with Gasteiger partial charge in [-0.2, -0.15) is 0 Å². The second kappa shape index (κ2) is 4.46. The molecule has 0 aliphatic heterocycles. The van der Waals surface area contributed by atoms with Gasteiger partial charge in [0.25, 0.3) is 0 Å². The summed E-state index contributed by atoms with van der Waals surface area (Å²) in [6, 6.07) is 7.66. The Bertz CT molecular complexity index is 424. The molecule has 0 saturated carbocycles. The SMILES string of the molecule is CC.Nc1cnc2ccccc2c1N. The van der Waals surface area contributed by atoms with Gasteiger partial charge < -0.3 is 11.5 Å². The number of anilines is 2. The van der Waals surface area contributed by atoms with Crippen LogP contribution in [0.15, 0.2) is 30.5 Å². The summed E-state index contributed by atoms with van der Waals surface area (Å²) >= 11 is 0. The van der Waals surface area contributed by atoms with Crippen LogP contribution in [-0.2, 0) is 0 Å². The van der Waals surface area contributed by atoms with Crippen LogP contribution in [0.4, 0.5) is 11.4 Å². The van der Waals surface area contributed by atoms with E-state index < -0.39 is 0 Å². The predicted molar refractivity (Wildman–Crippen MR) is 61.9 cm³/mol. The van der Waals surface area contributed by atoms with Gasteiger partial charge in [-0.05, 0) is 6.07 Å². The number of nitrogens with two attached hydrogens (primary N) is 2. The maximum absolute atomic E-state index is 5.75. The molecule has 3 heteroatoms. The number of rotatable bonds is 0. The summed E-state index contributed by atoms with van der Waals surface area (Å²) in [6.45, 7) is 4.00. The van der Waals surface area contributed by atoms with Crippen LogP contribution < -0.4 is 11.5 Å². The van der Waals surface area contributed by atoms with Crippen LogP contribution in [0.3, 0.4) is 0 Å². The highest BCUT2D eigenvalue weighted by atomic mass is 14.8. The number of nitrogens with zero attached hydrogens (tertiary/aromatic N) is 1. The van der Waals surface area contributed by atoms with E-state index in [9.17, 15) is 0 Å². The van der Waals surface area contributed by atoms with Gasteiger partial charge in [0.1, 0.15) is 0 Å². The first-order valence-corrected chi connectivity index (χ1v) is 4.68. The third kappa shape index (κ3) is 1.76. The van der Waals surface area contributed by atoms with E-state index in [1.165, 1.54) is 0 Å². The van der Waals surface area contributed by atoms with Gasteiger partial charge in [-0.1, -0.05) is 32.0 Å². The minimum atomic E-state index is 0.536. The van der Waals surface area contributed by atoms with Gasteiger partial charge in [-0.15, -0.1) is 0 Å². The molecule has 1 aromatic heterocycles. The van der Waals surface area contributed by atoms with Crippen molar-refractivity contribution < 1.29 is 0 Å². The summed E-state index contributed by atoms with van der Waals surface area (Å²) in [5, 5.41) is 0.914. The Hall–Kier alpha value is -1.77. The first kappa shape index (κ1) is 10.3. The van der Waals surface area contributed by atoms with Gasteiger partial charge in [0.15, 0.2) is 0 Å². The zero-order valence-corrected chi connectivity index (χ0v) is 8.49. The average molecular weight is 189 g/mol. The van der Waals surface area contributed by atoms with Crippen LogP contribution in [0, 0.1) is 0 Å². The molecule has 0 aliphatic carbocycles. The maximum atomic E-state index is 5.75. The average Bonchev–Trinajstić information content (AvgIpc) is 2.27. The summed E-state index contributed by atoms with van der Waals surface area (Å²) in [5.41, 5.74) is 13.4. The van der Waals surface area contributed by atoms with E-state index in [-0.39, 0.29) is 0 Å². The molecule has 1 heterocycles. The Labute approximate surface area is 83.7 Å². The number of pyridine rings is 1. The van der Waals surface area contributed by atoms with E-state index in [0.29, 0.717) is 11.4 Å². The number of para-hydroxylation sites is 1. The maximum Gasteiger partial charge on any atom is 0.0740 e. The molecule has 1 aromatic carbocycles. The van der Waals surface area contributed by atoms with Gasteiger partial charge in [-0.25, -0.2) is 0 Å². The molecule has 0 bridgehead atoms. The Balaban J connectivity index is 0.000000461. The van der Waals surface area contributed by atoms with Crippen molar-refractivity contribution in [1.29, 1.82) is 0 Å². The lowest BCUT2D eigenvalue weighted by Gasteiger charge is -2.02. The Kier molecular flexibility index (Phi) is 3.29. The lowest BCUT2D eigenvalue weighted by molar-refractivity contribution is 1.41. The lowest BCUT2D eigenvalue weighted by atomic mass is 10.2. The predicted octanol–water partition coefficient (Wildman–Crippen LogP) is 2.43. The Morgan fingerprint density at radius 3 is 2.43 bits per heavy atom. The number of hydrogen-bond donors (Lipinski definition) is 2. The van der Waals surface area contributed by atoms with Crippen LogP contribution in [-0.4, -0.2) is 4.98 Å². The van der Waals surface area contributed by atoms with Crippen molar-refractivity contribution in [2.24, 2.45) is 0 Å². The number of aromatic nitrogens is 1. The van der Waals surface area contributed by atoms with Gasteiger partial charge >= 0.3 is 0 Å². The topological polar surface area (TPSA) is 64.9 Å². The zero-order chi connectivity index (χ0) is 10.6. The van der Waals surface area contributed by atoms with Crippen LogP contribution in [0.25, 0.3) is 10.9 Å². The van der Waals surface area contributed by atoms with E-state index in [0.717, 1.165) is 10.9 Å². The Morgan fingerprint density at radius 2 is 1.71 bits per heavy atom. The van der Waals surface area contributed by atoms with Crippen LogP contribution in [0.1, 0.15) is 13.8 Å².